The zero-order chi connectivity index (χ0) is 22.0. The largest absolute Gasteiger partial charge is 0.350 e. The van der Waals surface area contributed by atoms with Crippen molar-refractivity contribution >= 4 is 39.1 Å². The van der Waals surface area contributed by atoms with Crippen LogP contribution in [0, 0.1) is 0 Å². The first-order valence-corrected chi connectivity index (χ1v) is 11.0. The molecule has 2 aromatic carbocycles. The summed E-state index contributed by atoms with van der Waals surface area (Å²) in [5, 5.41) is 3.67. The second-order valence-corrected chi connectivity index (χ2v) is 8.59. The van der Waals surface area contributed by atoms with E-state index in [0.29, 0.717) is 27.5 Å². The van der Waals surface area contributed by atoms with E-state index in [4.69, 9.17) is 11.6 Å². The predicted octanol–water partition coefficient (Wildman–Crippen LogP) is 3.75. The molecule has 0 fully saturated rings. The van der Waals surface area contributed by atoms with Crippen molar-refractivity contribution in [2.75, 3.05) is 0 Å². The molecule has 0 saturated carbocycles. The van der Waals surface area contributed by atoms with E-state index in [1.165, 1.54) is 15.9 Å². The van der Waals surface area contributed by atoms with Gasteiger partial charge in [-0.15, -0.1) is 11.3 Å². The number of fused-ring (bicyclic) bond motifs is 1. The van der Waals surface area contributed by atoms with Gasteiger partial charge in [-0.05, 0) is 36.2 Å². The van der Waals surface area contributed by atoms with Crippen LogP contribution in [-0.4, -0.2) is 15.0 Å². The third-order valence-electron chi connectivity index (χ3n) is 4.91. The second kappa shape index (κ2) is 8.91. The molecule has 8 heteroatoms. The average molecular weight is 454 g/mol. The summed E-state index contributed by atoms with van der Waals surface area (Å²) in [6.07, 6.45) is 0.727. The Morgan fingerprint density at radius 1 is 1.06 bits per heavy atom. The molecular formula is C23H20ClN3O3S. The van der Waals surface area contributed by atoms with Crippen molar-refractivity contribution in [1.82, 2.24) is 14.5 Å². The van der Waals surface area contributed by atoms with Crippen molar-refractivity contribution in [2.45, 2.75) is 26.4 Å². The highest BCUT2D eigenvalue weighted by atomic mass is 35.5. The first kappa shape index (κ1) is 21.1. The van der Waals surface area contributed by atoms with Crippen molar-refractivity contribution in [2.24, 2.45) is 0 Å². The Kier molecular flexibility index (Phi) is 6.06. The van der Waals surface area contributed by atoms with Gasteiger partial charge in [0, 0.05) is 16.4 Å². The fraction of sp³-hybridized carbons (Fsp3) is 0.174. The third-order valence-corrected chi connectivity index (χ3v) is 6.45. The van der Waals surface area contributed by atoms with Gasteiger partial charge in [-0.3, -0.25) is 14.2 Å². The van der Waals surface area contributed by atoms with Gasteiger partial charge in [-0.25, -0.2) is 9.36 Å². The fourth-order valence-electron chi connectivity index (χ4n) is 3.35. The maximum Gasteiger partial charge on any atom is 0.337 e. The number of thiophene rings is 1. The molecule has 0 aliphatic rings. The van der Waals surface area contributed by atoms with Crippen LogP contribution in [0.15, 0.2) is 70.3 Å². The molecule has 31 heavy (non-hydrogen) atoms. The molecule has 0 spiro atoms. The zero-order valence-corrected chi connectivity index (χ0v) is 18.4. The van der Waals surface area contributed by atoms with Crippen molar-refractivity contribution in [1.29, 1.82) is 0 Å². The lowest BCUT2D eigenvalue weighted by Gasteiger charge is -2.12. The molecule has 0 bridgehead atoms. The lowest BCUT2D eigenvalue weighted by Crippen LogP contribution is -2.41. The Bertz CT molecular complexity index is 1370. The van der Waals surface area contributed by atoms with E-state index >= 15 is 0 Å². The number of nitrogens with zero attached hydrogens (tertiary/aromatic N) is 2. The first-order chi connectivity index (χ1) is 15.0. The van der Waals surface area contributed by atoms with Gasteiger partial charge in [0.25, 0.3) is 5.56 Å². The summed E-state index contributed by atoms with van der Waals surface area (Å²) < 4.78 is 2.44. The lowest BCUT2D eigenvalue weighted by atomic mass is 10.2. The first-order valence-electron chi connectivity index (χ1n) is 9.82. The molecule has 1 N–H and O–H groups in total. The van der Waals surface area contributed by atoms with E-state index in [1.807, 2.05) is 37.3 Å². The van der Waals surface area contributed by atoms with Crippen LogP contribution in [0.1, 0.15) is 17.4 Å². The smallest absolute Gasteiger partial charge is 0.337 e. The zero-order valence-electron chi connectivity index (χ0n) is 16.8. The molecule has 0 saturated heterocycles. The van der Waals surface area contributed by atoms with E-state index < -0.39 is 11.2 Å². The number of amides is 1. The number of nitrogens with one attached hydrogen (secondary N) is 1. The Hall–Kier alpha value is -3.16. The number of carbonyl (C=O) groups excluding carboxylic acids is 1. The van der Waals surface area contributed by atoms with Gasteiger partial charge in [-0.1, -0.05) is 54.9 Å². The summed E-state index contributed by atoms with van der Waals surface area (Å²) in [6, 6.07) is 17.9. The number of benzene rings is 2. The number of hydrogen-bond acceptors (Lipinski definition) is 4. The summed E-state index contributed by atoms with van der Waals surface area (Å²) in [5.41, 5.74) is 0.340. The number of aromatic nitrogens is 2. The molecule has 2 heterocycles. The van der Waals surface area contributed by atoms with Crippen LogP contribution >= 0.6 is 22.9 Å². The van der Waals surface area contributed by atoms with Crippen molar-refractivity contribution < 1.29 is 4.79 Å². The average Bonchev–Trinajstić information content (AvgIpc) is 3.21. The van der Waals surface area contributed by atoms with Gasteiger partial charge < -0.3 is 5.32 Å². The Labute approximate surface area is 187 Å². The highest BCUT2D eigenvalue weighted by Crippen LogP contribution is 2.23. The molecule has 158 valence electrons. The van der Waals surface area contributed by atoms with Gasteiger partial charge in [0.15, 0.2) is 0 Å². The molecule has 0 aliphatic carbocycles. The van der Waals surface area contributed by atoms with E-state index in [-0.39, 0.29) is 12.5 Å². The minimum absolute atomic E-state index is 0.188. The quantitative estimate of drug-likeness (QED) is 0.483. The minimum Gasteiger partial charge on any atom is -0.350 e. The molecule has 4 aromatic rings. The molecule has 0 aliphatic heterocycles. The highest BCUT2D eigenvalue weighted by Gasteiger charge is 2.19. The molecule has 0 radical (unpaired) electrons. The van der Waals surface area contributed by atoms with Gasteiger partial charge in [0.2, 0.25) is 5.91 Å². The standard InChI is InChI=1S/C23H20ClN3O3S/c1-2-18-12-19-21(29)27(17-10-6-9-16(24)11-17)23(30)26(22(19)31-18)14-20(28)25-13-15-7-4-3-5-8-15/h3-12H,2,13-14H2,1H3,(H,25,28). The predicted molar refractivity (Wildman–Crippen MR) is 124 cm³/mol. The normalized spacial score (nSPS) is 11.0. The summed E-state index contributed by atoms with van der Waals surface area (Å²) in [6.45, 7) is 2.15. The van der Waals surface area contributed by atoms with Gasteiger partial charge in [0.1, 0.15) is 11.4 Å². The van der Waals surface area contributed by atoms with Crippen LogP contribution in [-0.2, 0) is 24.3 Å². The van der Waals surface area contributed by atoms with Crippen LogP contribution in [0.3, 0.4) is 0 Å². The Morgan fingerprint density at radius 2 is 1.84 bits per heavy atom. The van der Waals surface area contributed by atoms with Crippen LogP contribution < -0.4 is 16.6 Å². The Morgan fingerprint density at radius 3 is 2.55 bits per heavy atom. The molecule has 0 atom stereocenters. The van der Waals surface area contributed by atoms with E-state index in [2.05, 4.69) is 5.32 Å². The molecule has 1 amide bonds. The van der Waals surface area contributed by atoms with Crippen LogP contribution in [0.25, 0.3) is 15.9 Å². The lowest BCUT2D eigenvalue weighted by molar-refractivity contribution is -0.121. The minimum atomic E-state index is -0.570. The molecule has 6 nitrogen and oxygen atoms in total. The van der Waals surface area contributed by atoms with E-state index in [0.717, 1.165) is 21.4 Å². The topological polar surface area (TPSA) is 73.1 Å². The van der Waals surface area contributed by atoms with Crippen LogP contribution in [0.2, 0.25) is 5.02 Å². The van der Waals surface area contributed by atoms with Crippen molar-refractivity contribution in [3.05, 3.63) is 97.0 Å². The monoisotopic (exact) mass is 453 g/mol. The third kappa shape index (κ3) is 4.33. The maximum atomic E-state index is 13.3. The number of rotatable bonds is 6. The Balaban J connectivity index is 1.78. The fourth-order valence-corrected chi connectivity index (χ4v) is 4.62. The highest BCUT2D eigenvalue weighted by molar-refractivity contribution is 7.18. The van der Waals surface area contributed by atoms with Gasteiger partial charge >= 0.3 is 5.69 Å². The van der Waals surface area contributed by atoms with Gasteiger partial charge in [0.05, 0.1) is 11.1 Å². The number of hydrogen-bond donors (Lipinski definition) is 1. The maximum absolute atomic E-state index is 13.3. The molecule has 4 rings (SSSR count). The number of halogens is 1. The van der Waals surface area contributed by atoms with Crippen LogP contribution in [0.4, 0.5) is 0 Å². The van der Waals surface area contributed by atoms with E-state index in [1.54, 1.807) is 30.3 Å². The number of carbonyl (C=O) groups is 1. The molecule has 2 aromatic heterocycles. The molecule has 0 unspecified atom stereocenters. The van der Waals surface area contributed by atoms with E-state index in [9.17, 15) is 14.4 Å². The van der Waals surface area contributed by atoms with Crippen molar-refractivity contribution in [3.8, 4) is 5.69 Å². The van der Waals surface area contributed by atoms with Crippen LogP contribution in [0.5, 0.6) is 0 Å². The summed E-state index contributed by atoms with van der Waals surface area (Å²) >= 11 is 7.44. The molecular weight excluding hydrogens is 434 g/mol. The SMILES string of the molecule is CCc1cc2c(=O)n(-c3cccc(Cl)c3)c(=O)n(CC(=O)NCc3ccccc3)c2s1. The van der Waals surface area contributed by atoms with Gasteiger partial charge in [-0.2, -0.15) is 0 Å². The van der Waals surface area contributed by atoms with Crippen molar-refractivity contribution in [3.63, 3.8) is 0 Å². The summed E-state index contributed by atoms with van der Waals surface area (Å²) in [4.78, 5) is 40.6. The second-order valence-electron chi connectivity index (χ2n) is 7.04. The number of aryl methyl sites for hydroxylation is 1. The summed E-state index contributed by atoms with van der Waals surface area (Å²) in [7, 11) is 0. The summed E-state index contributed by atoms with van der Waals surface area (Å²) in [5.74, 6) is -0.310.